The number of methoxy groups -OCH3 is 1. The summed E-state index contributed by atoms with van der Waals surface area (Å²) in [6.45, 7) is 3.76. The van der Waals surface area contributed by atoms with Crippen LogP contribution in [-0.4, -0.2) is 30.3 Å². The van der Waals surface area contributed by atoms with E-state index in [-0.39, 0.29) is 5.92 Å². The fourth-order valence-corrected chi connectivity index (χ4v) is 2.37. The van der Waals surface area contributed by atoms with Crippen LogP contribution in [0.1, 0.15) is 25.3 Å². The van der Waals surface area contributed by atoms with Crippen molar-refractivity contribution in [1.29, 1.82) is 0 Å². The number of hydrogen-bond donors (Lipinski definition) is 2. The summed E-state index contributed by atoms with van der Waals surface area (Å²) in [5.74, 6) is 0.914. The van der Waals surface area contributed by atoms with E-state index in [1.165, 1.54) is 0 Å². The number of ether oxygens (including phenoxy) is 1. The smallest absolute Gasteiger partial charge is 0.137 e. The lowest BCUT2D eigenvalue weighted by molar-refractivity contribution is -0.0160. The maximum absolute atomic E-state index is 10.7. The van der Waals surface area contributed by atoms with Crippen LogP contribution in [0.2, 0.25) is 0 Å². The molecule has 94 valence electrons. The van der Waals surface area contributed by atoms with Gasteiger partial charge in [-0.2, -0.15) is 0 Å². The van der Waals surface area contributed by atoms with Gasteiger partial charge in [0.2, 0.25) is 0 Å². The number of aromatic nitrogens is 1. The van der Waals surface area contributed by atoms with Gasteiger partial charge in [-0.05, 0) is 32.4 Å². The van der Waals surface area contributed by atoms with Crippen molar-refractivity contribution < 1.29 is 9.84 Å². The Kier molecular flexibility index (Phi) is 3.64. The molecule has 2 atom stereocenters. The maximum atomic E-state index is 10.7. The van der Waals surface area contributed by atoms with E-state index in [0.29, 0.717) is 5.75 Å². The monoisotopic (exact) mass is 236 g/mol. The molecular weight excluding hydrogens is 216 g/mol. The van der Waals surface area contributed by atoms with Crippen LogP contribution in [0.5, 0.6) is 5.75 Å². The summed E-state index contributed by atoms with van der Waals surface area (Å²) in [5, 5.41) is 14.0. The third-order valence-electron chi connectivity index (χ3n) is 3.63. The molecule has 1 saturated heterocycles. The van der Waals surface area contributed by atoms with E-state index >= 15 is 0 Å². The second kappa shape index (κ2) is 5.02. The minimum absolute atomic E-state index is 0.227. The summed E-state index contributed by atoms with van der Waals surface area (Å²) >= 11 is 0. The molecule has 0 aliphatic carbocycles. The van der Waals surface area contributed by atoms with Crippen LogP contribution >= 0.6 is 0 Å². The third kappa shape index (κ3) is 2.58. The molecule has 2 rings (SSSR count). The molecule has 0 spiro atoms. The van der Waals surface area contributed by atoms with E-state index in [1.54, 1.807) is 19.5 Å². The average molecular weight is 236 g/mol. The summed E-state index contributed by atoms with van der Waals surface area (Å²) in [5.41, 5.74) is -0.0276. The summed E-state index contributed by atoms with van der Waals surface area (Å²) < 4.78 is 5.15. The second-order valence-corrected chi connectivity index (χ2v) is 4.80. The highest BCUT2D eigenvalue weighted by atomic mass is 16.5. The standard InChI is InChI=1S/C13H20N2O2/c1-13(16,10-4-3-5-14-7-10)11-6-12(17-2)9-15-8-11/h6,8-10,14,16H,3-5,7H2,1-2H3. The highest BCUT2D eigenvalue weighted by molar-refractivity contribution is 5.28. The van der Waals surface area contributed by atoms with Crippen LogP contribution in [0.3, 0.4) is 0 Å². The molecule has 0 aromatic carbocycles. The average Bonchev–Trinajstić information content (AvgIpc) is 2.40. The van der Waals surface area contributed by atoms with E-state index in [2.05, 4.69) is 10.3 Å². The molecule has 1 aromatic heterocycles. The van der Waals surface area contributed by atoms with Gasteiger partial charge in [-0.15, -0.1) is 0 Å². The van der Waals surface area contributed by atoms with E-state index in [4.69, 9.17) is 4.74 Å². The number of hydrogen-bond acceptors (Lipinski definition) is 4. The molecule has 0 bridgehead atoms. The van der Waals surface area contributed by atoms with Gasteiger partial charge in [-0.1, -0.05) is 0 Å². The van der Waals surface area contributed by atoms with Gasteiger partial charge < -0.3 is 15.2 Å². The predicted molar refractivity (Wildman–Crippen MR) is 66.0 cm³/mol. The number of nitrogens with one attached hydrogen (secondary N) is 1. The first-order valence-electron chi connectivity index (χ1n) is 6.07. The van der Waals surface area contributed by atoms with E-state index < -0.39 is 5.60 Å². The van der Waals surface area contributed by atoms with E-state index in [9.17, 15) is 5.11 Å². The van der Waals surface area contributed by atoms with Gasteiger partial charge in [-0.25, -0.2) is 0 Å². The first-order chi connectivity index (χ1) is 8.14. The fourth-order valence-electron chi connectivity index (χ4n) is 2.37. The topological polar surface area (TPSA) is 54.4 Å². The van der Waals surface area contributed by atoms with Gasteiger partial charge in [0.25, 0.3) is 0 Å². The quantitative estimate of drug-likeness (QED) is 0.830. The van der Waals surface area contributed by atoms with Crippen LogP contribution in [0.4, 0.5) is 0 Å². The summed E-state index contributed by atoms with van der Waals surface area (Å²) in [6, 6.07) is 1.86. The highest BCUT2D eigenvalue weighted by Crippen LogP contribution is 2.34. The van der Waals surface area contributed by atoms with Crippen molar-refractivity contribution >= 4 is 0 Å². The third-order valence-corrected chi connectivity index (χ3v) is 3.63. The maximum Gasteiger partial charge on any atom is 0.137 e. The Morgan fingerprint density at radius 2 is 2.35 bits per heavy atom. The molecular formula is C13H20N2O2. The van der Waals surface area contributed by atoms with E-state index in [1.807, 2.05) is 13.0 Å². The van der Waals surface area contributed by atoms with Gasteiger partial charge in [-0.3, -0.25) is 4.98 Å². The first-order valence-corrected chi connectivity index (χ1v) is 6.07. The molecule has 0 radical (unpaired) electrons. The number of nitrogens with zero attached hydrogens (tertiary/aromatic N) is 1. The molecule has 17 heavy (non-hydrogen) atoms. The zero-order valence-electron chi connectivity index (χ0n) is 10.4. The second-order valence-electron chi connectivity index (χ2n) is 4.80. The van der Waals surface area contributed by atoms with Crippen LogP contribution < -0.4 is 10.1 Å². The van der Waals surface area contributed by atoms with Gasteiger partial charge in [0.15, 0.2) is 0 Å². The number of aliphatic hydroxyl groups is 1. The highest BCUT2D eigenvalue weighted by Gasteiger charge is 2.34. The molecule has 1 fully saturated rings. The van der Waals surface area contributed by atoms with Crippen molar-refractivity contribution in [3.05, 3.63) is 24.0 Å². The molecule has 1 aromatic rings. The van der Waals surface area contributed by atoms with Crippen molar-refractivity contribution in [2.24, 2.45) is 5.92 Å². The fraction of sp³-hybridized carbons (Fsp3) is 0.615. The van der Waals surface area contributed by atoms with Crippen molar-refractivity contribution in [2.75, 3.05) is 20.2 Å². The Balaban J connectivity index is 2.22. The molecule has 0 saturated carbocycles. The van der Waals surface area contributed by atoms with Crippen molar-refractivity contribution in [3.8, 4) is 5.75 Å². The Hall–Kier alpha value is -1.13. The number of rotatable bonds is 3. The SMILES string of the molecule is COc1cncc(C(C)(O)C2CCCNC2)c1. The Bertz CT molecular complexity index is 373. The Morgan fingerprint density at radius 1 is 1.53 bits per heavy atom. The lowest BCUT2D eigenvalue weighted by atomic mass is 9.79. The number of pyridine rings is 1. The molecule has 2 N–H and O–H groups in total. The summed E-state index contributed by atoms with van der Waals surface area (Å²) in [7, 11) is 1.61. The van der Waals surface area contributed by atoms with Crippen molar-refractivity contribution in [3.63, 3.8) is 0 Å². The normalized spacial score (nSPS) is 24.1. The minimum Gasteiger partial charge on any atom is -0.495 e. The van der Waals surface area contributed by atoms with E-state index in [0.717, 1.165) is 31.5 Å². The van der Waals surface area contributed by atoms with Gasteiger partial charge in [0.05, 0.1) is 18.9 Å². The van der Waals surface area contributed by atoms with Gasteiger partial charge in [0.1, 0.15) is 5.75 Å². The van der Waals surface area contributed by atoms with Crippen LogP contribution in [0.15, 0.2) is 18.5 Å². The van der Waals surface area contributed by atoms with Gasteiger partial charge in [0, 0.05) is 24.2 Å². The molecule has 1 aliphatic rings. The van der Waals surface area contributed by atoms with Crippen LogP contribution in [-0.2, 0) is 5.60 Å². The van der Waals surface area contributed by atoms with Crippen molar-refractivity contribution in [1.82, 2.24) is 10.3 Å². The Morgan fingerprint density at radius 3 is 3.00 bits per heavy atom. The van der Waals surface area contributed by atoms with Crippen LogP contribution in [0.25, 0.3) is 0 Å². The minimum atomic E-state index is -0.852. The molecule has 2 heterocycles. The van der Waals surface area contributed by atoms with Gasteiger partial charge >= 0.3 is 0 Å². The van der Waals surface area contributed by atoms with Crippen LogP contribution in [0, 0.1) is 5.92 Å². The molecule has 2 unspecified atom stereocenters. The number of piperidine rings is 1. The lowest BCUT2D eigenvalue weighted by Crippen LogP contribution is -2.42. The Labute approximate surface area is 102 Å². The molecule has 4 heteroatoms. The largest absolute Gasteiger partial charge is 0.495 e. The summed E-state index contributed by atoms with van der Waals surface area (Å²) in [4.78, 5) is 4.11. The zero-order valence-corrected chi connectivity index (χ0v) is 10.4. The molecule has 1 aliphatic heterocycles. The molecule has 0 amide bonds. The summed E-state index contributed by atoms with van der Waals surface area (Å²) in [6.07, 6.45) is 5.52. The first kappa shape index (κ1) is 12.3. The predicted octanol–water partition coefficient (Wildman–Crippen LogP) is 1.30. The molecule has 4 nitrogen and oxygen atoms in total. The zero-order chi connectivity index (χ0) is 12.3. The lowest BCUT2D eigenvalue weighted by Gasteiger charge is -2.36. The van der Waals surface area contributed by atoms with Crippen molar-refractivity contribution in [2.45, 2.75) is 25.4 Å².